The molecule has 2 rings (SSSR count). The Kier molecular flexibility index (Phi) is 5.50. The molecule has 1 N–H and O–H groups in total. The van der Waals surface area contributed by atoms with Crippen molar-refractivity contribution in [3.63, 3.8) is 0 Å². The predicted octanol–water partition coefficient (Wildman–Crippen LogP) is 4.71. The van der Waals surface area contributed by atoms with Crippen LogP contribution in [0.3, 0.4) is 0 Å². The van der Waals surface area contributed by atoms with Crippen LogP contribution >= 0.6 is 0 Å². The van der Waals surface area contributed by atoms with Gasteiger partial charge in [-0.1, -0.05) is 40.0 Å². The molecule has 0 bridgehead atoms. The molecule has 2 nitrogen and oxygen atoms in total. The van der Waals surface area contributed by atoms with E-state index in [4.69, 9.17) is 4.42 Å². The summed E-state index contributed by atoms with van der Waals surface area (Å²) in [4.78, 5) is 0. The average Bonchev–Trinajstić information content (AvgIpc) is 2.97. The van der Waals surface area contributed by atoms with E-state index in [1.54, 1.807) is 0 Å². The summed E-state index contributed by atoms with van der Waals surface area (Å²) in [7, 11) is 0. The summed E-state index contributed by atoms with van der Waals surface area (Å²) in [6, 6.07) is 4.31. The third-order valence-corrected chi connectivity index (χ3v) is 4.43. The Morgan fingerprint density at radius 2 is 2.16 bits per heavy atom. The SMILES string of the molecule is CCCCC(CC)CNCc1ccc(C2CC2C)o1. The van der Waals surface area contributed by atoms with Crippen LogP contribution in [0, 0.1) is 11.8 Å². The first-order valence-electron chi connectivity index (χ1n) is 8.03. The molecular formula is C17H29NO. The molecule has 1 aromatic rings. The smallest absolute Gasteiger partial charge is 0.117 e. The van der Waals surface area contributed by atoms with Crippen LogP contribution in [0.4, 0.5) is 0 Å². The van der Waals surface area contributed by atoms with Crippen molar-refractivity contribution in [1.29, 1.82) is 0 Å². The van der Waals surface area contributed by atoms with Crippen LogP contribution < -0.4 is 5.32 Å². The van der Waals surface area contributed by atoms with Crippen molar-refractivity contribution in [1.82, 2.24) is 5.32 Å². The molecule has 108 valence electrons. The highest BCUT2D eigenvalue weighted by molar-refractivity contribution is 5.17. The summed E-state index contributed by atoms with van der Waals surface area (Å²) < 4.78 is 5.91. The molecule has 1 aliphatic rings. The molecule has 3 unspecified atom stereocenters. The van der Waals surface area contributed by atoms with E-state index < -0.39 is 0 Å². The van der Waals surface area contributed by atoms with Crippen LogP contribution in [0.1, 0.15) is 70.3 Å². The molecular weight excluding hydrogens is 234 g/mol. The quantitative estimate of drug-likeness (QED) is 0.698. The van der Waals surface area contributed by atoms with Crippen molar-refractivity contribution in [2.75, 3.05) is 6.54 Å². The molecule has 1 aliphatic carbocycles. The monoisotopic (exact) mass is 263 g/mol. The predicted molar refractivity (Wildman–Crippen MR) is 80.2 cm³/mol. The first-order chi connectivity index (χ1) is 9.24. The van der Waals surface area contributed by atoms with Gasteiger partial charge in [0, 0.05) is 5.92 Å². The number of rotatable bonds is 9. The van der Waals surface area contributed by atoms with Gasteiger partial charge in [-0.25, -0.2) is 0 Å². The van der Waals surface area contributed by atoms with Gasteiger partial charge in [0.2, 0.25) is 0 Å². The van der Waals surface area contributed by atoms with Gasteiger partial charge in [0.15, 0.2) is 0 Å². The molecule has 1 saturated carbocycles. The number of furan rings is 1. The van der Waals surface area contributed by atoms with Crippen LogP contribution in [-0.4, -0.2) is 6.54 Å². The zero-order chi connectivity index (χ0) is 13.7. The fraction of sp³-hybridized carbons (Fsp3) is 0.765. The lowest BCUT2D eigenvalue weighted by atomic mass is 9.99. The summed E-state index contributed by atoms with van der Waals surface area (Å²) in [6.45, 7) is 8.85. The fourth-order valence-corrected chi connectivity index (χ4v) is 2.75. The van der Waals surface area contributed by atoms with Gasteiger partial charge in [-0.15, -0.1) is 0 Å². The zero-order valence-corrected chi connectivity index (χ0v) is 12.7. The fourth-order valence-electron chi connectivity index (χ4n) is 2.75. The van der Waals surface area contributed by atoms with Crippen molar-refractivity contribution in [2.24, 2.45) is 11.8 Å². The van der Waals surface area contributed by atoms with E-state index in [2.05, 4.69) is 38.2 Å². The first kappa shape index (κ1) is 14.6. The van der Waals surface area contributed by atoms with Crippen LogP contribution in [0.5, 0.6) is 0 Å². The largest absolute Gasteiger partial charge is 0.464 e. The molecule has 0 aromatic carbocycles. The van der Waals surface area contributed by atoms with Crippen molar-refractivity contribution < 1.29 is 4.42 Å². The van der Waals surface area contributed by atoms with Crippen LogP contribution in [0.2, 0.25) is 0 Å². The molecule has 1 heterocycles. The standard InChI is InChI=1S/C17H29NO/c1-4-6-7-14(5-2)11-18-12-15-8-9-17(19-15)16-10-13(16)3/h8-9,13-14,16,18H,4-7,10-12H2,1-3H3. The van der Waals surface area contributed by atoms with Crippen LogP contribution in [-0.2, 0) is 6.54 Å². The number of hydrogen-bond acceptors (Lipinski definition) is 2. The van der Waals surface area contributed by atoms with E-state index in [0.29, 0.717) is 5.92 Å². The molecule has 1 aromatic heterocycles. The minimum atomic E-state index is 0.696. The first-order valence-corrected chi connectivity index (χ1v) is 8.03. The van der Waals surface area contributed by atoms with Crippen LogP contribution in [0.25, 0.3) is 0 Å². The Morgan fingerprint density at radius 3 is 2.79 bits per heavy atom. The highest BCUT2D eigenvalue weighted by atomic mass is 16.3. The summed E-state index contributed by atoms with van der Waals surface area (Å²) >= 11 is 0. The maximum atomic E-state index is 5.91. The van der Waals surface area contributed by atoms with E-state index in [9.17, 15) is 0 Å². The van der Waals surface area contributed by atoms with Crippen molar-refractivity contribution in [3.8, 4) is 0 Å². The highest BCUT2D eigenvalue weighted by Crippen LogP contribution is 2.47. The summed E-state index contributed by atoms with van der Waals surface area (Å²) in [5.41, 5.74) is 0. The third-order valence-electron chi connectivity index (χ3n) is 4.43. The number of unbranched alkanes of at least 4 members (excludes halogenated alkanes) is 1. The van der Waals surface area contributed by atoms with E-state index in [-0.39, 0.29) is 0 Å². The molecule has 1 fully saturated rings. The lowest BCUT2D eigenvalue weighted by Crippen LogP contribution is -2.21. The maximum absolute atomic E-state index is 5.91. The van der Waals surface area contributed by atoms with Gasteiger partial charge in [0.25, 0.3) is 0 Å². The van der Waals surface area contributed by atoms with Gasteiger partial charge in [-0.3, -0.25) is 0 Å². The second kappa shape index (κ2) is 7.14. The normalized spacial score (nSPS) is 23.5. The zero-order valence-electron chi connectivity index (χ0n) is 12.7. The van der Waals surface area contributed by atoms with E-state index in [1.165, 1.54) is 37.9 Å². The van der Waals surface area contributed by atoms with E-state index in [1.807, 2.05) is 0 Å². The molecule has 0 saturated heterocycles. The minimum absolute atomic E-state index is 0.696. The summed E-state index contributed by atoms with van der Waals surface area (Å²) in [5, 5.41) is 3.55. The molecule has 3 atom stereocenters. The minimum Gasteiger partial charge on any atom is -0.464 e. The molecule has 2 heteroatoms. The van der Waals surface area contributed by atoms with Gasteiger partial charge in [-0.2, -0.15) is 0 Å². The molecule has 0 radical (unpaired) electrons. The number of hydrogen-bond donors (Lipinski definition) is 1. The molecule has 0 aliphatic heterocycles. The highest BCUT2D eigenvalue weighted by Gasteiger charge is 2.36. The number of nitrogens with one attached hydrogen (secondary N) is 1. The van der Waals surface area contributed by atoms with Crippen molar-refractivity contribution in [2.45, 2.75) is 65.3 Å². The Bertz CT molecular complexity index is 371. The van der Waals surface area contributed by atoms with Gasteiger partial charge in [0.1, 0.15) is 11.5 Å². The lowest BCUT2D eigenvalue weighted by Gasteiger charge is -2.14. The van der Waals surface area contributed by atoms with Crippen molar-refractivity contribution in [3.05, 3.63) is 23.7 Å². The summed E-state index contributed by atoms with van der Waals surface area (Å²) in [6.07, 6.45) is 6.58. The second-order valence-electron chi connectivity index (χ2n) is 6.17. The average molecular weight is 263 g/mol. The van der Waals surface area contributed by atoms with Crippen molar-refractivity contribution >= 4 is 0 Å². The Hall–Kier alpha value is -0.760. The van der Waals surface area contributed by atoms with E-state index >= 15 is 0 Å². The molecule has 19 heavy (non-hydrogen) atoms. The van der Waals surface area contributed by atoms with Gasteiger partial charge >= 0.3 is 0 Å². The summed E-state index contributed by atoms with van der Waals surface area (Å²) in [5.74, 6) is 4.63. The Balaban J connectivity index is 1.68. The Labute approximate surface area is 118 Å². The molecule has 0 amide bonds. The maximum Gasteiger partial charge on any atom is 0.117 e. The lowest BCUT2D eigenvalue weighted by molar-refractivity contribution is 0.394. The Morgan fingerprint density at radius 1 is 1.37 bits per heavy atom. The van der Waals surface area contributed by atoms with Gasteiger partial charge in [-0.05, 0) is 43.4 Å². The van der Waals surface area contributed by atoms with Crippen LogP contribution in [0.15, 0.2) is 16.5 Å². The van der Waals surface area contributed by atoms with E-state index in [0.717, 1.165) is 30.7 Å². The van der Waals surface area contributed by atoms with Gasteiger partial charge in [0.05, 0.1) is 6.54 Å². The second-order valence-corrected chi connectivity index (χ2v) is 6.17. The third kappa shape index (κ3) is 4.38. The van der Waals surface area contributed by atoms with Gasteiger partial charge < -0.3 is 9.73 Å². The molecule has 0 spiro atoms. The topological polar surface area (TPSA) is 25.2 Å².